The number of hydrogen-bond donors (Lipinski definition) is 1. The molecule has 0 spiro atoms. The van der Waals surface area contributed by atoms with Gasteiger partial charge in [0, 0.05) is 38.1 Å². The summed E-state index contributed by atoms with van der Waals surface area (Å²) >= 11 is 15.7. The van der Waals surface area contributed by atoms with Gasteiger partial charge >= 0.3 is 0 Å². The van der Waals surface area contributed by atoms with Crippen molar-refractivity contribution in [3.05, 3.63) is 62.0 Å². The SMILES string of the molecule is N[C@H]1CC(c2cc(Cl)ccc2Cl)Oc2cc(Br)ccc21. The van der Waals surface area contributed by atoms with E-state index in [1.165, 1.54) is 0 Å². The van der Waals surface area contributed by atoms with Crippen LogP contribution in [-0.4, -0.2) is 0 Å². The third-order valence-electron chi connectivity index (χ3n) is 3.42. The van der Waals surface area contributed by atoms with Gasteiger partial charge in [0.05, 0.1) is 0 Å². The molecule has 5 heteroatoms. The van der Waals surface area contributed by atoms with Gasteiger partial charge in [0.2, 0.25) is 0 Å². The molecule has 0 saturated carbocycles. The second kappa shape index (κ2) is 5.57. The monoisotopic (exact) mass is 371 g/mol. The molecular formula is C15H12BrCl2NO. The smallest absolute Gasteiger partial charge is 0.127 e. The van der Waals surface area contributed by atoms with E-state index >= 15 is 0 Å². The first-order valence-corrected chi connectivity index (χ1v) is 7.76. The van der Waals surface area contributed by atoms with Crippen molar-refractivity contribution in [3.63, 3.8) is 0 Å². The van der Waals surface area contributed by atoms with Gasteiger partial charge in [-0.3, -0.25) is 0 Å². The van der Waals surface area contributed by atoms with Crippen LogP contribution < -0.4 is 10.5 Å². The molecule has 0 aliphatic carbocycles. The van der Waals surface area contributed by atoms with Crippen LogP contribution in [0.15, 0.2) is 40.9 Å². The summed E-state index contributed by atoms with van der Waals surface area (Å²) in [5.74, 6) is 0.791. The summed E-state index contributed by atoms with van der Waals surface area (Å²) < 4.78 is 7.01. The van der Waals surface area contributed by atoms with Gasteiger partial charge < -0.3 is 10.5 Å². The molecule has 104 valence electrons. The summed E-state index contributed by atoms with van der Waals surface area (Å²) in [5.41, 5.74) is 8.13. The third-order valence-corrected chi connectivity index (χ3v) is 4.49. The average molecular weight is 373 g/mol. The molecule has 2 atom stereocenters. The maximum Gasteiger partial charge on any atom is 0.127 e. The molecule has 3 rings (SSSR count). The highest BCUT2D eigenvalue weighted by atomic mass is 79.9. The Morgan fingerprint density at radius 2 is 1.90 bits per heavy atom. The van der Waals surface area contributed by atoms with Crippen molar-refractivity contribution in [1.29, 1.82) is 0 Å². The van der Waals surface area contributed by atoms with Crippen LogP contribution in [0.2, 0.25) is 10.0 Å². The average Bonchev–Trinajstić information content (AvgIpc) is 2.41. The zero-order valence-corrected chi connectivity index (χ0v) is 13.5. The van der Waals surface area contributed by atoms with Crippen molar-refractivity contribution in [3.8, 4) is 5.75 Å². The van der Waals surface area contributed by atoms with E-state index in [2.05, 4.69) is 15.9 Å². The highest BCUT2D eigenvalue weighted by Gasteiger charge is 2.28. The number of benzene rings is 2. The van der Waals surface area contributed by atoms with E-state index in [-0.39, 0.29) is 12.1 Å². The molecule has 0 saturated heterocycles. The fraction of sp³-hybridized carbons (Fsp3) is 0.200. The predicted octanol–water partition coefficient (Wildman–Crippen LogP) is 5.28. The first-order chi connectivity index (χ1) is 9.54. The van der Waals surface area contributed by atoms with Gasteiger partial charge in [0.25, 0.3) is 0 Å². The van der Waals surface area contributed by atoms with E-state index in [1.807, 2.05) is 24.3 Å². The van der Waals surface area contributed by atoms with Gasteiger partial charge in [0.15, 0.2) is 0 Å². The van der Waals surface area contributed by atoms with Gasteiger partial charge in [-0.2, -0.15) is 0 Å². The van der Waals surface area contributed by atoms with E-state index in [9.17, 15) is 0 Å². The maximum absolute atomic E-state index is 6.25. The number of fused-ring (bicyclic) bond motifs is 1. The molecule has 1 heterocycles. The topological polar surface area (TPSA) is 35.2 Å². The largest absolute Gasteiger partial charge is 0.485 e. The standard InChI is InChI=1S/C15H12BrCl2NO/c16-8-1-3-10-13(19)7-15(20-14(10)5-8)11-6-9(17)2-4-12(11)18/h1-6,13,15H,7,19H2/t13-,15?/m0/s1. The molecule has 1 aliphatic rings. The zero-order valence-electron chi connectivity index (χ0n) is 10.4. The summed E-state index contributed by atoms with van der Waals surface area (Å²) in [7, 11) is 0. The first-order valence-electron chi connectivity index (χ1n) is 6.21. The molecule has 0 amide bonds. The van der Waals surface area contributed by atoms with Gasteiger partial charge in [-0.05, 0) is 30.3 Å². The van der Waals surface area contributed by atoms with Crippen LogP contribution in [0.5, 0.6) is 5.75 Å². The Labute approximate surface area is 136 Å². The molecule has 0 aromatic heterocycles. The molecule has 0 radical (unpaired) electrons. The van der Waals surface area contributed by atoms with Crippen molar-refractivity contribution in [1.82, 2.24) is 0 Å². The zero-order chi connectivity index (χ0) is 14.3. The van der Waals surface area contributed by atoms with Crippen LogP contribution >= 0.6 is 39.1 Å². The Kier molecular flexibility index (Phi) is 3.95. The number of rotatable bonds is 1. The van der Waals surface area contributed by atoms with Crippen LogP contribution in [-0.2, 0) is 0 Å². The van der Waals surface area contributed by atoms with E-state index in [0.29, 0.717) is 16.5 Å². The Morgan fingerprint density at radius 1 is 1.10 bits per heavy atom. The number of halogens is 3. The van der Waals surface area contributed by atoms with E-state index in [4.69, 9.17) is 33.7 Å². The van der Waals surface area contributed by atoms with Gasteiger partial charge in [-0.25, -0.2) is 0 Å². The Bertz CT molecular complexity index is 662. The molecule has 1 unspecified atom stereocenters. The number of hydrogen-bond acceptors (Lipinski definition) is 2. The Morgan fingerprint density at radius 3 is 2.70 bits per heavy atom. The van der Waals surface area contributed by atoms with Gasteiger partial charge in [-0.1, -0.05) is 45.2 Å². The lowest BCUT2D eigenvalue weighted by Crippen LogP contribution is -2.24. The lowest BCUT2D eigenvalue weighted by atomic mass is 9.93. The number of ether oxygens (including phenoxy) is 1. The van der Waals surface area contributed by atoms with E-state index in [1.54, 1.807) is 12.1 Å². The van der Waals surface area contributed by atoms with E-state index < -0.39 is 0 Å². The predicted molar refractivity (Wildman–Crippen MR) is 85.5 cm³/mol. The van der Waals surface area contributed by atoms with E-state index in [0.717, 1.165) is 21.3 Å². The summed E-state index contributed by atoms with van der Waals surface area (Å²) in [6.45, 7) is 0. The summed E-state index contributed by atoms with van der Waals surface area (Å²) in [4.78, 5) is 0. The minimum atomic E-state index is -0.182. The Hall–Kier alpha value is -0.740. The van der Waals surface area contributed by atoms with Crippen molar-refractivity contribution in [2.45, 2.75) is 18.6 Å². The first kappa shape index (κ1) is 14.2. The minimum absolute atomic E-state index is 0.0769. The normalized spacial score (nSPS) is 21.2. The lowest BCUT2D eigenvalue weighted by molar-refractivity contribution is 0.161. The quantitative estimate of drug-likeness (QED) is 0.738. The molecule has 2 aromatic rings. The third kappa shape index (κ3) is 2.68. The van der Waals surface area contributed by atoms with Crippen molar-refractivity contribution < 1.29 is 4.74 Å². The fourth-order valence-electron chi connectivity index (χ4n) is 2.43. The Balaban J connectivity index is 2.00. The summed E-state index contributed by atoms with van der Waals surface area (Å²) in [5, 5.41) is 1.28. The molecule has 0 bridgehead atoms. The second-order valence-electron chi connectivity index (χ2n) is 4.80. The lowest BCUT2D eigenvalue weighted by Gasteiger charge is -2.31. The fourth-order valence-corrected chi connectivity index (χ4v) is 3.19. The van der Waals surface area contributed by atoms with Gasteiger partial charge in [0.1, 0.15) is 11.9 Å². The molecule has 0 fully saturated rings. The van der Waals surface area contributed by atoms with Crippen LogP contribution in [0.25, 0.3) is 0 Å². The molecule has 2 N–H and O–H groups in total. The minimum Gasteiger partial charge on any atom is -0.485 e. The number of nitrogens with two attached hydrogens (primary N) is 1. The van der Waals surface area contributed by atoms with Crippen LogP contribution in [0.1, 0.15) is 29.7 Å². The molecule has 2 nitrogen and oxygen atoms in total. The van der Waals surface area contributed by atoms with Crippen molar-refractivity contribution in [2.75, 3.05) is 0 Å². The second-order valence-corrected chi connectivity index (χ2v) is 6.56. The highest BCUT2D eigenvalue weighted by molar-refractivity contribution is 9.10. The highest BCUT2D eigenvalue weighted by Crippen LogP contribution is 2.42. The molecule has 2 aromatic carbocycles. The van der Waals surface area contributed by atoms with Crippen molar-refractivity contribution in [2.24, 2.45) is 5.73 Å². The summed E-state index contributed by atoms with van der Waals surface area (Å²) in [6, 6.07) is 11.2. The molecule has 20 heavy (non-hydrogen) atoms. The van der Waals surface area contributed by atoms with Crippen LogP contribution in [0.4, 0.5) is 0 Å². The van der Waals surface area contributed by atoms with Crippen LogP contribution in [0, 0.1) is 0 Å². The van der Waals surface area contributed by atoms with Crippen molar-refractivity contribution >= 4 is 39.1 Å². The van der Waals surface area contributed by atoms with Crippen LogP contribution in [0.3, 0.4) is 0 Å². The molecular weight excluding hydrogens is 361 g/mol. The summed E-state index contributed by atoms with van der Waals surface area (Å²) in [6.07, 6.45) is 0.493. The molecule has 1 aliphatic heterocycles. The van der Waals surface area contributed by atoms with Gasteiger partial charge in [-0.15, -0.1) is 0 Å². The maximum atomic E-state index is 6.25.